The Balaban J connectivity index is 2.20. The van der Waals surface area contributed by atoms with Gasteiger partial charge >= 0.3 is 11.9 Å². The van der Waals surface area contributed by atoms with E-state index in [0.717, 1.165) is 31.3 Å². The Bertz CT molecular complexity index is 513. The number of hydrogen-bond donors (Lipinski definition) is 0. The van der Waals surface area contributed by atoms with Gasteiger partial charge in [-0.2, -0.15) is 0 Å². The minimum Gasteiger partial charge on any atom is -0.461 e. The van der Waals surface area contributed by atoms with Crippen molar-refractivity contribution >= 4 is 11.9 Å². The molecule has 0 saturated carbocycles. The van der Waals surface area contributed by atoms with Gasteiger partial charge in [-0.1, -0.05) is 18.2 Å². The number of carbonyl (C=O) groups is 2. The Morgan fingerprint density at radius 2 is 2.24 bits per heavy atom. The van der Waals surface area contributed by atoms with Crippen LogP contribution in [-0.4, -0.2) is 24.6 Å². The first-order chi connectivity index (χ1) is 9.97. The van der Waals surface area contributed by atoms with Crippen LogP contribution in [0.2, 0.25) is 0 Å². The van der Waals surface area contributed by atoms with Crippen LogP contribution < -0.4 is 0 Å². The topological polar surface area (TPSA) is 52.6 Å². The van der Waals surface area contributed by atoms with Crippen LogP contribution in [0.1, 0.15) is 39.5 Å². The van der Waals surface area contributed by atoms with Gasteiger partial charge in [-0.25, -0.2) is 4.79 Å². The molecule has 2 atom stereocenters. The van der Waals surface area contributed by atoms with E-state index >= 15 is 0 Å². The number of esters is 2. The van der Waals surface area contributed by atoms with E-state index in [2.05, 4.69) is 19.6 Å². The van der Waals surface area contributed by atoms with Crippen molar-refractivity contribution in [3.8, 4) is 0 Å². The fourth-order valence-electron chi connectivity index (χ4n) is 2.74. The molecule has 1 heterocycles. The summed E-state index contributed by atoms with van der Waals surface area (Å²) in [5.74, 6) is -0.593. The summed E-state index contributed by atoms with van der Waals surface area (Å²) in [6.45, 7) is 7.62. The lowest BCUT2D eigenvalue weighted by Crippen LogP contribution is -2.17. The van der Waals surface area contributed by atoms with Gasteiger partial charge in [0.15, 0.2) is 0 Å². The quantitative estimate of drug-likeness (QED) is 0.445. The number of rotatable bonds is 2. The van der Waals surface area contributed by atoms with E-state index in [9.17, 15) is 9.59 Å². The standard InChI is InChI=1S/C17H22O4/c1-11-5-4-6-14(10-20-13(3)18)9-16-15(8-7-11)12(2)17(19)21-16/h5,9,15-16H,2,4,6-8,10H2,1,3H3/b11-5+,14-9+/t15-,16+/m0/s1. The molecule has 1 fully saturated rings. The van der Waals surface area contributed by atoms with Gasteiger partial charge in [-0.15, -0.1) is 0 Å². The summed E-state index contributed by atoms with van der Waals surface area (Å²) in [7, 11) is 0. The maximum absolute atomic E-state index is 11.7. The third kappa shape index (κ3) is 4.06. The third-order valence-electron chi connectivity index (χ3n) is 4.02. The van der Waals surface area contributed by atoms with Gasteiger partial charge in [-0.3, -0.25) is 4.79 Å². The fraction of sp³-hybridized carbons (Fsp3) is 0.529. The number of allylic oxidation sites excluding steroid dienone is 2. The van der Waals surface area contributed by atoms with Crippen molar-refractivity contribution in [2.45, 2.75) is 45.6 Å². The lowest BCUT2D eigenvalue weighted by molar-refractivity contribution is -0.140. The van der Waals surface area contributed by atoms with Crippen molar-refractivity contribution in [1.82, 2.24) is 0 Å². The van der Waals surface area contributed by atoms with E-state index in [1.807, 2.05) is 6.08 Å². The van der Waals surface area contributed by atoms with E-state index in [-0.39, 0.29) is 30.6 Å². The molecular formula is C17H22O4. The van der Waals surface area contributed by atoms with E-state index in [1.54, 1.807) is 0 Å². The average Bonchev–Trinajstić information content (AvgIpc) is 2.69. The Morgan fingerprint density at radius 3 is 2.95 bits per heavy atom. The number of ether oxygens (including phenoxy) is 2. The number of hydrogen-bond acceptors (Lipinski definition) is 4. The zero-order valence-corrected chi connectivity index (χ0v) is 12.7. The van der Waals surface area contributed by atoms with Gasteiger partial charge in [0, 0.05) is 18.4 Å². The molecule has 2 aliphatic rings. The molecule has 0 bridgehead atoms. The Morgan fingerprint density at radius 1 is 1.48 bits per heavy atom. The van der Waals surface area contributed by atoms with Crippen LogP contribution in [0.4, 0.5) is 0 Å². The van der Waals surface area contributed by atoms with Gasteiger partial charge in [0.2, 0.25) is 0 Å². The molecule has 0 N–H and O–H groups in total. The van der Waals surface area contributed by atoms with E-state index in [1.165, 1.54) is 12.5 Å². The minimum atomic E-state index is -0.311. The molecule has 1 saturated heterocycles. The second-order valence-electron chi connectivity index (χ2n) is 5.73. The maximum atomic E-state index is 11.7. The van der Waals surface area contributed by atoms with Gasteiger partial charge in [-0.05, 0) is 44.3 Å². The molecule has 0 amide bonds. The lowest BCUT2D eigenvalue weighted by atomic mass is 9.88. The Hall–Kier alpha value is -1.84. The molecule has 114 valence electrons. The van der Waals surface area contributed by atoms with Gasteiger partial charge in [0.05, 0.1) is 0 Å². The number of fused-ring (bicyclic) bond motifs is 1. The first-order valence-electron chi connectivity index (χ1n) is 7.35. The molecule has 0 unspecified atom stereocenters. The summed E-state index contributed by atoms with van der Waals surface area (Å²) in [6, 6.07) is 0. The van der Waals surface area contributed by atoms with Gasteiger partial charge in [0.1, 0.15) is 12.7 Å². The molecule has 1 aliphatic heterocycles. The Labute approximate surface area is 125 Å². The molecule has 21 heavy (non-hydrogen) atoms. The van der Waals surface area contributed by atoms with Crippen molar-refractivity contribution in [3.05, 3.63) is 35.5 Å². The van der Waals surface area contributed by atoms with Crippen LogP contribution in [0.15, 0.2) is 35.5 Å². The van der Waals surface area contributed by atoms with Gasteiger partial charge < -0.3 is 9.47 Å². The third-order valence-corrected chi connectivity index (χ3v) is 4.02. The highest BCUT2D eigenvalue weighted by Gasteiger charge is 2.37. The molecule has 1 aliphatic carbocycles. The van der Waals surface area contributed by atoms with Crippen LogP contribution in [-0.2, 0) is 19.1 Å². The molecule has 0 aromatic carbocycles. The van der Waals surface area contributed by atoms with Crippen LogP contribution in [0.25, 0.3) is 0 Å². The molecule has 0 spiro atoms. The minimum absolute atomic E-state index is 0.0197. The van der Waals surface area contributed by atoms with Crippen molar-refractivity contribution < 1.29 is 19.1 Å². The smallest absolute Gasteiger partial charge is 0.334 e. The SMILES string of the molecule is C=C1C(=O)O[C@@H]2/C=C(/COC(C)=O)CC/C=C(\C)CC[C@@H]12. The first kappa shape index (κ1) is 15.5. The van der Waals surface area contributed by atoms with Crippen LogP contribution >= 0.6 is 0 Å². The van der Waals surface area contributed by atoms with Crippen molar-refractivity contribution in [2.75, 3.05) is 6.61 Å². The molecular weight excluding hydrogens is 268 g/mol. The summed E-state index contributed by atoms with van der Waals surface area (Å²) >= 11 is 0. The predicted octanol–water partition coefficient (Wildman–Crippen LogP) is 3.09. The zero-order valence-electron chi connectivity index (χ0n) is 12.7. The van der Waals surface area contributed by atoms with E-state index in [0.29, 0.717) is 5.57 Å². The summed E-state index contributed by atoms with van der Waals surface area (Å²) < 4.78 is 10.5. The molecule has 0 aromatic heterocycles. The highest BCUT2D eigenvalue weighted by molar-refractivity contribution is 5.91. The fourth-order valence-corrected chi connectivity index (χ4v) is 2.74. The predicted molar refractivity (Wildman–Crippen MR) is 79.5 cm³/mol. The zero-order chi connectivity index (χ0) is 15.4. The van der Waals surface area contributed by atoms with Gasteiger partial charge in [0.25, 0.3) is 0 Å². The molecule has 4 nitrogen and oxygen atoms in total. The van der Waals surface area contributed by atoms with Crippen molar-refractivity contribution in [2.24, 2.45) is 5.92 Å². The summed E-state index contributed by atoms with van der Waals surface area (Å²) in [4.78, 5) is 22.7. The molecule has 0 radical (unpaired) electrons. The van der Waals surface area contributed by atoms with E-state index in [4.69, 9.17) is 9.47 Å². The first-order valence-corrected chi connectivity index (χ1v) is 7.35. The van der Waals surface area contributed by atoms with Crippen molar-refractivity contribution in [3.63, 3.8) is 0 Å². The average molecular weight is 290 g/mol. The van der Waals surface area contributed by atoms with Crippen LogP contribution in [0.5, 0.6) is 0 Å². The maximum Gasteiger partial charge on any atom is 0.334 e. The highest BCUT2D eigenvalue weighted by Crippen LogP contribution is 2.34. The summed E-state index contributed by atoms with van der Waals surface area (Å²) in [5.41, 5.74) is 2.86. The van der Waals surface area contributed by atoms with Crippen LogP contribution in [0.3, 0.4) is 0 Å². The molecule has 2 rings (SSSR count). The normalized spacial score (nSPS) is 31.3. The van der Waals surface area contributed by atoms with Crippen molar-refractivity contribution in [1.29, 1.82) is 0 Å². The summed E-state index contributed by atoms with van der Waals surface area (Å²) in [6.07, 6.45) is 7.39. The summed E-state index contributed by atoms with van der Waals surface area (Å²) in [5, 5.41) is 0. The molecule has 0 aromatic rings. The largest absolute Gasteiger partial charge is 0.461 e. The monoisotopic (exact) mass is 290 g/mol. The number of carbonyl (C=O) groups excluding carboxylic acids is 2. The highest BCUT2D eigenvalue weighted by atomic mass is 16.6. The second kappa shape index (κ2) is 6.74. The lowest BCUT2D eigenvalue weighted by Gasteiger charge is -2.18. The van der Waals surface area contributed by atoms with Crippen LogP contribution in [0, 0.1) is 5.92 Å². The second-order valence-corrected chi connectivity index (χ2v) is 5.73. The van der Waals surface area contributed by atoms with E-state index < -0.39 is 0 Å². The molecule has 4 heteroatoms. The Kier molecular flexibility index (Phi) is 4.99.